The zero-order chi connectivity index (χ0) is 10.0. The Morgan fingerprint density at radius 1 is 1.08 bits per heavy atom. The topological polar surface area (TPSA) is 64.3 Å². The molecule has 13 heavy (non-hydrogen) atoms. The second kappa shape index (κ2) is 3.72. The van der Waals surface area contributed by atoms with Crippen molar-refractivity contribution in [2.24, 2.45) is 0 Å². The minimum Gasteiger partial charge on any atom is -0.447 e. The zero-order valence-corrected chi connectivity index (χ0v) is 7.56. The van der Waals surface area contributed by atoms with Crippen LogP contribution in [0, 0.1) is 0 Å². The Morgan fingerprint density at radius 2 is 1.46 bits per heavy atom. The maximum absolute atomic E-state index is 10.8. The first-order valence-corrected chi connectivity index (χ1v) is 3.81. The van der Waals surface area contributed by atoms with Gasteiger partial charge in [0.1, 0.15) is 0 Å². The van der Waals surface area contributed by atoms with Crippen LogP contribution < -0.4 is 5.43 Å². The molecule has 0 aromatic carbocycles. The van der Waals surface area contributed by atoms with Crippen LogP contribution in [0.1, 0.15) is 21.1 Å². The smallest absolute Gasteiger partial charge is 0.287 e. The van der Waals surface area contributed by atoms with Crippen molar-refractivity contribution in [2.45, 2.75) is 0 Å². The summed E-state index contributed by atoms with van der Waals surface area (Å²) < 4.78 is 4.62. The van der Waals surface area contributed by atoms with E-state index in [-0.39, 0.29) is 0 Å². The summed E-state index contributed by atoms with van der Waals surface area (Å²) in [5.41, 5.74) is -0.570. The van der Waals surface area contributed by atoms with E-state index in [9.17, 15) is 14.4 Å². The molecule has 1 heterocycles. The molecule has 0 aliphatic heterocycles. The molecule has 0 amide bonds. The highest BCUT2D eigenvalue weighted by atomic mass is 35.5. The summed E-state index contributed by atoms with van der Waals surface area (Å²) in [6.07, 6.45) is 0. The molecule has 68 valence electrons. The molecule has 0 aliphatic carbocycles. The van der Waals surface area contributed by atoms with E-state index in [0.717, 1.165) is 12.1 Å². The average molecular weight is 221 g/mol. The van der Waals surface area contributed by atoms with Gasteiger partial charge in [-0.05, 0) is 23.2 Å². The van der Waals surface area contributed by atoms with Crippen LogP contribution in [-0.4, -0.2) is 10.5 Å². The molecular formula is C7H2Cl2O4. The van der Waals surface area contributed by atoms with E-state index in [1.165, 1.54) is 0 Å². The fourth-order valence-electron chi connectivity index (χ4n) is 0.671. The first-order valence-electron chi connectivity index (χ1n) is 3.05. The van der Waals surface area contributed by atoms with Gasteiger partial charge in [-0.3, -0.25) is 14.4 Å². The average Bonchev–Trinajstić information content (AvgIpc) is 2.03. The summed E-state index contributed by atoms with van der Waals surface area (Å²) in [5.74, 6) is -0.809. The normalized spacial score (nSPS) is 9.69. The standard InChI is InChI=1S/C7H2Cl2O4/c8-6(11)4-1-3(10)2-5(13-4)7(9)12/h1-2H. The number of rotatable bonds is 2. The van der Waals surface area contributed by atoms with E-state index in [1.54, 1.807) is 0 Å². The lowest BCUT2D eigenvalue weighted by molar-refractivity contribution is 0.103. The van der Waals surface area contributed by atoms with Crippen molar-refractivity contribution in [3.63, 3.8) is 0 Å². The van der Waals surface area contributed by atoms with E-state index >= 15 is 0 Å². The van der Waals surface area contributed by atoms with E-state index < -0.39 is 27.4 Å². The molecule has 6 heteroatoms. The number of carbonyl (C=O) groups excluding carboxylic acids is 2. The van der Waals surface area contributed by atoms with Gasteiger partial charge in [-0.2, -0.15) is 0 Å². The summed E-state index contributed by atoms with van der Waals surface area (Å²) in [6, 6.07) is 1.75. The Hall–Kier alpha value is -1.13. The molecule has 1 aromatic heterocycles. The Balaban J connectivity index is 3.35. The van der Waals surface area contributed by atoms with Crippen LogP contribution in [0.25, 0.3) is 0 Å². The summed E-state index contributed by atoms with van der Waals surface area (Å²) in [4.78, 5) is 31.9. The molecule has 0 bridgehead atoms. The molecule has 1 aromatic rings. The third-order valence-corrected chi connectivity index (χ3v) is 1.53. The molecular weight excluding hydrogens is 219 g/mol. The quantitative estimate of drug-likeness (QED) is 0.708. The fraction of sp³-hybridized carbons (Fsp3) is 0. The molecule has 0 atom stereocenters. The minimum atomic E-state index is -0.961. The number of carbonyl (C=O) groups is 2. The third-order valence-electron chi connectivity index (χ3n) is 1.15. The lowest BCUT2D eigenvalue weighted by Gasteiger charge is -1.94. The molecule has 0 spiro atoms. The van der Waals surface area contributed by atoms with Crippen LogP contribution in [-0.2, 0) is 0 Å². The number of hydrogen-bond acceptors (Lipinski definition) is 4. The Kier molecular flexibility index (Phi) is 2.85. The van der Waals surface area contributed by atoms with Gasteiger partial charge in [0.25, 0.3) is 10.5 Å². The maximum atomic E-state index is 10.8. The van der Waals surface area contributed by atoms with Crippen LogP contribution in [0.3, 0.4) is 0 Å². The van der Waals surface area contributed by atoms with Crippen molar-refractivity contribution >= 4 is 33.7 Å². The van der Waals surface area contributed by atoms with Gasteiger partial charge in [-0.15, -0.1) is 0 Å². The highest BCUT2D eigenvalue weighted by molar-refractivity contribution is 6.68. The van der Waals surface area contributed by atoms with Crippen LogP contribution in [0.2, 0.25) is 0 Å². The SMILES string of the molecule is O=C(Cl)c1cc(=O)cc(C(=O)Cl)o1. The van der Waals surface area contributed by atoms with Crippen molar-refractivity contribution in [1.82, 2.24) is 0 Å². The molecule has 0 radical (unpaired) electrons. The van der Waals surface area contributed by atoms with Gasteiger partial charge in [-0.25, -0.2) is 0 Å². The summed E-state index contributed by atoms with van der Waals surface area (Å²) >= 11 is 10.1. The predicted octanol–water partition coefficient (Wildman–Crippen LogP) is 1.40. The zero-order valence-electron chi connectivity index (χ0n) is 6.04. The summed E-state index contributed by atoms with van der Waals surface area (Å²) in [7, 11) is 0. The van der Waals surface area contributed by atoms with E-state index in [4.69, 9.17) is 23.2 Å². The molecule has 0 saturated carbocycles. The first-order chi connectivity index (χ1) is 6.00. The predicted molar refractivity (Wildman–Crippen MR) is 45.3 cm³/mol. The maximum Gasteiger partial charge on any atom is 0.287 e. The highest BCUT2D eigenvalue weighted by Crippen LogP contribution is 2.07. The van der Waals surface area contributed by atoms with Crippen molar-refractivity contribution in [3.8, 4) is 0 Å². The molecule has 4 nitrogen and oxygen atoms in total. The van der Waals surface area contributed by atoms with E-state index in [0.29, 0.717) is 0 Å². The van der Waals surface area contributed by atoms with Crippen molar-refractivity contribution in [2.75, 3.05) is 0 Å². The molecule has 0 saturated heterocycles. The van der Waals surface area contributed by atoms with Gasteiger partial charge in [0.05, 0.1) is 0 Å². The van der Waals surface area contributed by atoms with Crippen LogP contribution in [0.15, 0.2) is 21.3 Å². The first kappa shape index (κ1) is 9.95. The largest absolute Gasteiger partial charge is 0.447 e. The molecule has 1 rings (SSSR count). The second-order valence-corrected chi connectivity index (χ2v) is 2.76. The minimum absolute atomic E-state index is 0.404. The Morgan fingerprint density at radius 3 is 1.77 bits per heavy atom. The fourth-order valence-corrected chi connectivity index (χ4v) is 0.857. The van der Waals surface area contributed by atoms with Crippen LogP contribution in [0.4, 0.5) is 0 Å². The molecule has 0 fully saturated rings. The number of hydrogen-bond donors (Lipinski definition) is 0. The van der Waals surface area contributed by atoms with Gasteiger partial charge in [0.15, 0.2) is 16.9 Å². The summed E-state index contributed by atoms with van der Waals surface area (Å²) in [5, 5.41) is -1.92. The number of halogens is 2. The van der Waals surface area contributed by atoms with E-state index in [2.05, 4.69) is 4.42 Å². The highest BCUT2D eigenvalue weighted by Gasteiger charge is 2.11. The summed E-state index contributed by atoms with van der Waals surface area (Å²) in [6.45, 7) is 0. The Bertz CT molecular complexity index is 385. The lowest BCUT2D eigenvalue weighted by Crippen LogP contribution is -2.05. The van der Waals surface area contributed by atoms with E-state index in [1.807, 2.05) is 0 Å². The van der Waals surface area contributed by atoms with Gasteiger partial charge in [0.2, 0.25) is 0 Å². The molecule has 0 aliphatic rings. The van der Waals surface area contributed by atoms with Crippen LogP contribution in [0.5, 0.6) is 0 Å². The molecule has 0 N–H and O–H groups in total. The van der Waals surface area contributed by atoms with Gasteiger partial charge in [0, 0.05) is 12.1 Å². The monoisotopic (exact) mass is 220 g/mol. The van der Waals surface area contributed by atoms with Gasteiger partial charge < -0.3 is 4.42 Å². The second-order valence-electron chi connectivity index (χ2n) is 2.07. The Labute approximate surface area is 82.1 Å². The lowest BCUT2D eigenvalue weighted by atomic mass is 10.3. The van der Waals surface area contributed by atoms with Gasteiger partial charge in [-0.1, -0.05) is 0 Å². The van der Waals surface area contributed by atoms with Gasteiger partial charge >= 0.3 is 0 Å². The van der Waals surface area contributed by atoms with Crippen molar-refractivity contribution in [3.05, 3.63) is 33.9 Å². The molecule has 0 unspecified atom stereocenters. The van der Waals surface area contributed by atoms with Crippen molar-refractivity contribution in [1.29, 1.82) is 0 Å². The van der Waals surface area contributed by atoms with Crippen LogP contribution >= 0.6 is 23.2 Å². The van der Waals surface area contributed by atoms with Crippen molar-refractivity contribution < 1.29 is 14.0 Å². The third kappa shape index (κ3) is 2.40.